The van der Waals surface area contributed by atoms with Gasteiger partial charge in [-0.1, -0.05) is 71.4 Å². The fourth-order valence-corrected chi connectivity index (χ4v) is 4.06. The lowest BCUT2D eigenvalue weighted by atomic mass is 10.2. The van der Waals surface area contributed by atoms with E-state index in [2.05, 4.69) is 36.5 Å². The Morgan fingerprint density at radius 1 is 1.00 bits per heavy atom. The van der Waals surface area contributed by atoms with Crippen LogP contribution in [-0.4, -0.2) is 21.2 Å². The lowest BCUT2D eigenvalue weighted by molar-refractivity contribution is -0.113. The first-order valence-electron chi connectivity index (χ1n) is 9.90. The van der Waals surface area contributed by atoms with E-state index in [4.69, 9.17) is 16.6 Å². The van der Waals surface area contributed by atoms with E-state index in [1.54, 1.807) is 0 Å². The van der Waals surface area contributed by atoms with Crippen LogP contribution < -0.4 is 5.32 Å². The molecule has 0 spiro atoms. The number of aromatic nitrogens is 2. The van der Waals surface area contributed by atoms with Crippen molar-refractivity contribution in [2.24, 2.45) is 0 Å². The molecule has 0 radical (unpaired) electrons. The number of carbonyl (C=O) groups is 1. The Morgan fingerprint density at radius 2 is 1.71 bits per heavy atom. The van der Waals surface area contributed by atoms with Crippen molar-refractivity contribution in [1.82, 2.24) is 9.55 Å². The van der Waals surface area contributed by atoms with Gasteiger partial charge in [-0.25, -0.2) is 4.98 Å². The van der Waals surface area contributed by atoms with Crippen molar-refractivity contribution in [3.05, 3.63) is 95.1 Å². The maximum absolute atomic E-state index is 12.6. The topological polar surface area (TPSA) is 46.9 Å². The van der Waals surface area contributed by atoms with E-state index in [0.29, 0.717) is 5.02 Å². The van der Waals surface area contributed by atoms with E-state index in [1.165, 1.54) is 17.3 Å². The summed E-state index contributed by atoms with van der Waals surface area (Å²) in [5.74, 6) is 0.197. The molecule has 4 nitrogen and oxygen atoms in total. The molecule has 1 heterocycles. The van der Waals surface area contributed by atoms with Crippen LogP contribution in [0.25, 0.3) is 16.9 Å². The molecule has 156 valence electrons. The number of nitrogens with zero attached hydrogens (tertiary/aromatic N) is 2. The minimum absolute atomic E-state index is 0.0641. The van der Waals surface area contributed by atoms with E-state index in [-0.39, 0.29) is 11.7 Å². The van der Waals surface area contributed by atoms with Gasteiger partial charge in [0.25, 0.3) is 0 Å². The minimum atomic E-state index is -0.0641. The van der Waals surface area contributed by atoms with Gasteiger partial charge in [0.15, 0.2) is 5.16 Å². The zero-order valence-corrected chi connectivity index (χ0v) is 18.9. The SMILES string of the molecule is Cc1ccc(-n2cc(-c3ccc(Cl)cc3)nc2SCC(=O)Nc2ccccc2C)cc1. The molecule has 0 bridgehead atoms. The summed E-state index contributed by atoms with van der Waals surface area (Å²) < 4.78 is 2.02. The highest BCUT2D eigenvalue weighted by atomic mass is 35.5. The second-order valence-electron chi connectivity index (χ2n) is 7.27. The van der Waals surface area contributed by atoms with Crippen molar-refractivity contribution in [1.29, 1.82) is 0 Å². The second-order valence-corrected chi connectivity index (χ2v) is 8.65. The van der Waals surface area contributed by atoms with E-state index in [1.807, 2.05) is 66.2 Å². The molecule has 0 aliphatic rings. The molecular weight excluding hydrogens is 426 g/mol. The predicted octanol–water partition coefficient (Wildman–Crippen LogP) is 6.54. The molecule has 0 fully saturated rings. The Hall–Kier alpha value is -3.02. The number of halogens is 1. The quantitative estimate of drug-likeness (QED) is 0.341. The highest BCUT2D eigenvalue weighted by Gasteiger charge is 2.14. The van der Waals surface area contributed by atoms with Crippen molar-refractivity contribution in [3.63, 3.8) is 0 Å². The van der Waals surface area contributed by atoms with Crippen molar-refractivity contribution >= 4 is 35.0 Å². The third-order valence-electron chi connectivity index (χ3n) is 4.88. The summed E-state index contributed by atoms with van der Waals surface area (Å²) in [6.45, 7) is 4.04. The largest absolute Gasteiger partial charge is 0.325 e. The number of imidazole rings is 1. The number of anilines is 1. The van der Waals surface area contributed by atoms with Gasteiger partial charge in [-0.2, -0.15) is 0 Å². The van der Waals surface area contributed by atoms with Gasteiger partial charge in [0, 0.05) is 28.2 Å². The first-order valence-corrected chi connectivity index (χ1v) is 11.3. The lowest BCUT2D eigenvalue weighted by Gasteiger charge is -2.09. The Kier molecular flexibility index (Phi) is 6.44. The van der Waals surface area contributed by atoms with Crippen LogP contribution in [0.15, 0.2) is 84.1 Å². The summed E-state index contributed by atoms with van der Waals surface area (Å²) in [7, 11) is 0. The van der Waals surface area contributed by atoms with Crippen LogP contribution in [0.5, 0.6) is 0 Å². The third kappa shape index (κ3) is 5.19. The fraction of sp³-hybridized carbons (Fsp3) is 0.120. The van der Waals surface area contributed by atoms with Gasteiger partial charge in [0.1, 0.15) is 0 Å². The van der Waals surface area contributed by atoms with Gasteiger partial charge in [-0.3, -0.25) is 9.36 Å². The van der Waals surface area contributed by atoms with Gasteiger partial charge in [0.05, 0.1) is 11.4 Å². The molecule has 6 heteroatoms. The van der Waals surface area contributed by atoms with Gasteiger partial charge >= 0.3 is 0 Å². The van der Waals surface area contributed by atoms with Crippen molar-refractivity contribution in [3.8, 4) is 16.9 Å². The molecule has 0 saturated heterocycles. The highest BCUT2D eigenvalue weighted by molar-refractivity contribution is 7.99. The van der Waals surface area contributed by atoms with Crippen molar-refractivity contribution in [2.45, 2.75) is 19.0 Å². The molecule has 31 heavy (non-hydrogen) atoms. The molecule has 3 aromatic carbocycles. The summed E-state index contributed by atoms with van der Waals surface area (Å²) in [6.07, 6.45) is 2.00. The number of hydrogen-bond donors (Lipinski definition) is 1. The van der Waals surface area contributed by atoms with Crippen LogP contribution in [0.2, 0.25) is 5.02 Å². The highest BCUT2D eigenvalue weighted by Crippen LogP contribution is 2.28. The second kappa shape index (κ2) is 9.41. The molecule has 1 N–H and O–H groups in total. The van der Waals surface area contributed by atoms with E-state index in [0.717, 1.165) is 33.4 Å². The standard InChI is InChI=1S/C25H22ClN3OS/c1-17-7-13-21(14-8-17)29-15-23(19-9-11-20(26)12-10-19)28-25(29)31-16-24(30)27-22-6-4-3-5-18(22)2/h3-15H,16H2,1-2H3,(H,27,30). The number of amides is 1. The fourth-order valence-electron chi connectivity index (χ4n) is 3.14. The first-order chi connectivity index (χ1) is 15.0. The van der Waals surface area contributed by atoms with E-state index >= 15 is 0 Å². The maximum Gasteiger partial charge on any atom is 0.234 e. The van der Waals surface area contributed by atoms with E-state index < -0.39 is 0 Å². The molecule has 0 unspecified atom stereocenters. The monoisotopic (exact) mass is 447 g/mol. The summed E-state index contributed by atoms with van der Waals surface area (Å²) in [6, 6.07) is 23.6. The molecular formula is C25H22ClN3OS. The summed E-state index contributed by atoms with van der Waals surface area (Å²) >= 11 is 7.45. The number of carbonyl (C=O) groups excluding carboxylic acids is 1. The number of thioether (sulfide) groups is 1. The van der Waals surface area contributed by atoms with Crippen molar-refractivity contribution < 1.29 is 4.79 Å². The van der Waals surface area contributed by atoms with Gasteiger partial charge in [-0.15, -0.1) is 0 Å². The molecule has 4 rings (SSSR count). The average Bonchev–Trinajstić information content (AvgIpc) is 3.19. The molecule has 0 aliphatic carbocycles. The zero-order valence-electron chi connectivity index (χ0n) is 17.3. The van der Waals surface area contributed by atoms with Gasteiger partial charge in [0.2, 0.25) is 5.91 Å². The lowest BCUT2D eigenvalue weighted by Crippen LogP contribution is -2.15. The van der Waals surface area contributed by atoms with Gasteiger partial charge < -0.3 is 5.32 Å². The average molecular weight is 448 g/mol. The van der Waals surface area contributed by atoms with E-state index in [9.17, 15) is 4.79 Å². The normalized spacial score (nSPS) is 10.8. The molecule has 1 amide bonds. The Morgan fingerprint density at radius 3 is 2.42 bits per heavy atom. The number of benzene rings is 3. The predicted molar refractivity (Wildman–Crippen MR) is 129 cm³/mol. The van der Waals surface area contributed by atoms with Crippen molar-refractivity contribution in [2.75, 3.05) is 11.1 Å². The van der Waals surface area contributed by atoms with Crippen LogP contribution >= 0.6 is 23.4 Å². The first kappa shape index (κ1) is 21.2. The summed E-state index contributed by atoms with van der Waals surface area (Å²) in [4.78, 5) is 17.4. The molecule has 0 saturated carbocycles. The summed E-state index contributed by atoms with van der Waals surface area (Å²) in [5.41, 5.74) is 5.86. The zero-order chi connectivity index (χ0) is 21.8. The Bertz CT molecular complexity index is 1200. The van der Waals surface area contributed by atoms with Crippen LogP contribution in [0, 0.1) is 13.8 Å². The molecule has 1 aromatic heterocycles. The molecule has 0 atom stereocenters. The number of para-hydroxylation sites is 1. The number of nitrogens with one attached hydrogen (secondary N) is 1. The van der Waals surface area contributed by atoms with Crippen LogP contribution in [-0.2, 0) is 4.79 Å². The molecule has 4 aromatic rings. The maximum atomic E-state index is 12.6. The number of hydrogen-bond acceptors (Lipinski definition) is 3. The number of aryl methyl sites for hydroxylation is 2. The smallest absolute Gasteiger partial charge is 0.234 e. The number of rotatable bonds is 6. The van der Waals surface area contributed by atoms with Crippen LogP contribution in [0.1, 0.15) is 11.1 Å². The van der Waals surface area contributed by atoms with Crippen LogP contribution in [0.3, 0.4) is 0 Å². The third-order valence-corrected chi connectivity index (χ3v) is 6.08. The minimum Gasteiger partial charge on any atom is -0.325 e. The van der Waals surface area contributed by atoms with Gasteiger partial charge in [-0.05, 0) is 49.7 Å². The van der Waals surface area contributed by atoms with Crippen LogP contribution in [0.4, 0.5) is 5.69 Å². The Labute approximate surface area is 191 Å². The summed E-state index contributed by atoms with van der Waals surface area (Å²) in [5, 5.41) is 4.42. The molecule has 0 aliphatic heterocycles. The Balaban J connectivity index is 1.59.